The quantitative estimate of drug-likeness (QED) is 0.471. The summed E-state index contributed by atoms with van der Waals surface area (Å²) < 4.78 is 22.3. The first-order valence-corrected chi connectivity index (χ1v) is 9.95. The Morgan fingerprint density at radius 1 is 0.875 bits per heavy atom. The van der Waals surface area contributed by atoms with Crippen molar-refractivity contribution >= 4 is 0 Å². The summed E-state index contributed by atoms with van der Waals surface area (Å²) in [4.78, 5) is 26.9. The maximum absolute atomic E-state index is 11.8. The highest BCUT2D eigenvalue weighted by Crippen LogP contribution is 2.40. The van der Waals surface area contributed by atoms with Gasteiger partial charge in [-0.2, -0.15) is 15.0 Å². The third-order valence-electron chi connectivity index (χ3n) is 4.05. The maximum atomic E-state index is 11.8. The molecule has 0 aliphatic rings. The highest BCUT2D eigenvalue weighted by atomic mass is 16.5. The second-order valence-corrected chi connectivity index (χ2v) is 6.48. The van der Waals surface area contributed by atoms with Gasteiger partial charge in [0.1, 0.15) is 0 Å². The molecular weight excluding hydrogens is 420 g/mol. The zero-order valence-corrected chi connectivity index (χ0v) is 18.2. The van der Waals surface area contributed by atoms with Crippen LogP contribution in [0.3, 0.4) is 0 Å². The molecule has 3 heterocycles. The molecule has 3 aromatic rings. The number of H-pyrrole nitrogens is 1. The fraction of sp³-hybridized carbons (Fsp3) is 0.400. The minimum absolute atomic E-state index is 0.0443. The number of rotatable bonds is 10. The molecule has 3 rings (SSSR count). The van der Waals surface area contributed by atoms with Crippen LogP contribution >= 0.6 is 0 Å². The molecule has 0 atom stereocenters. The van der Waals surface area contributed by atoms with E-state index >= 15 is 0 Å². The molecule has 0 saturated heterocycles. The van der Waals surface area contributed by atoms with Crippen molar-refractivity contribution in [3.05, 3.63) is 22.5 Å². The van der Waals surface area contributed by atoms with Gasteiger partial charge in [-0.1, -0.05) is 13.8 Å². The van der Waals surface area contributed by atoms with Gasteiger partial charge in [0, 0.05) is 0 Å². The molecule has 12 nitrogen and oxygen atoms in total. The highest BCUT2D eigenvalue weighted by Gasteiger charge is 2.25. The molecule has 0 fully saturated rings. The Balaban J connectivity index is 2.16. The van der Waals surface area contributed by atoms with Crippen LogP contribution in [-0.2, 0) is 0 Å². The molecule has 0 aliphatic heterocycles. The minimum Gasteiger partial charge on any atom is -0.493 e. The highest BCUT2D eigenvalue weighted by molar-refractivity contribution is 5.72. The van der Waals surface area contributed by atoms with Gasteiger partial charge in [-0.05, 0) is 12.8 Å². The third-order valence-corrected chi connectivity index (χ3v) is 4.05. The first-order valence-electron chi connectivity index (χ1n) is 9.95. The predicted molar refractivity (Wildman–Crippen MR) is 113 cm³/mol. The van der Waals surface area contributed by atoms with Crippen molar-refractivity contribution in [3.8, 4) is 52.2 Å². The zero-order chi connectivity index (χ0) is 23.1. The van der Waals surface area contributed by atoms with Crippen molar-refractivity contribution in [2.45, 2.75) is 26.7 Å². The molecule has 0 bridgehead atoms. The van der Waals surface area contributed by atoms with Crippen molar-refractivity contribution in [2.24, 2.45) is 0 Å². The molecule has 0 aromatic carbocycles. The van der Waals surface area contributed by atoms with E-state index in [0.717, 1.165) is 18.9 Å². The Bertz CT molecular complexity index is 1110. The lowest BCUT2D eigenvalue weighted by molar-refractivity contribution is 0.286. The molecule has 32 heavy (non-hydrogen) atoms. The van der Waals surface area contributed by atoms with E-state index < -0.39 is 11.4 Å². The number of aromatic hydroxyl groups is 1. The Hall–Kier alpha value is -3.96. The molecule has 0 unspecified atom stereocenters. The molecule has 0 aliphatic carbocycles. The fourth-order valence-electron chi connectivity index (χ4n) is 2.71. The van der Waals surface area contributed by atoms with Gasteiger partial charge in [-0.3, -0.25) is 4.79 Å². The number of methoxy groups -OCH3 is 2. The Morgan fingerprint density at radius 2 is 1.44 bits per heavy atom. The fourth-order valence-corrected chi connectivity index (χ4v) is 2.71. The van der Waals surface area contributed by atoms with Crippen molar-refractivity contribution in [3.63, 3.8) is 0 Å². The number of nitrogens with zero attached hydrogens (tertiary/aromatic N) is 5. The average Bonchev–Trinajstić information content (AvgIpc) is 2.79. The summed E-state index contributed by atoms with van der Waals surface area (Å²) in [5.41, 5.74) is -0.345. The largest absolute Gasteiger partial charge is 0.493 e. The first-order chi connectivity index (χ1) is 15.5. The van der Waals surface area contributed by atoms with Crippen LogP contribution in [0.25, 0.3) is 23.0 Å². The summed E-state index contributed by atoms with van der Waals surface area (Å²) in [7, 11) is 2.81. The molecule has 12 heteroatoms. The molecule has 170 valence electrons. The van der Waals surface area contributed by atoms with Gasteiger partial charge < -0.3 is 29.0 Å². The van der Waals surface area contributed by atoms with E-state index in [1.807, 2.05) is 13.8 Å². The van der Waals surface area contributed by atoms with Crippen LogP contribution in [0.2, 0.25) is 0 Å². The van der Waals surface area contributed by atoms with Gasteiger partial charge in [0.25, 0.3) is 5.56 Å². The number of hydrogen-bond donors (Lipinski definition) is 2. The van der Waals surface area contributed by atoms with E-state index in [9.17, 15) is 9.90 Å². The van der Waals surface area contributed by atoms with Crippen LogP contribution < -0.4 is 24.5 Å². The average molecular weight is 444 g/mol. The van der Waals surface area contributed by atoms with Crippen molar-refractivity contribution in [2.75, 3.05) is 27.4 Å². The molecule has 0 saturated carbocycles. The summed E-state index contributed by atoms with van der Waals surface area (Å²) in [5.74, 6) is 0.525. The number of nitrogens with one attached hydrogen (secondary N) is 1. The second-order valence-electron chi connectivity index (χ2n) is 6.48. The van der Waals surface area contributed by atoms with Gasteiger partial charge >= 0.3 is 0 Å². The molecule has 0 spiro atoms. The van der Waals surface area contributed by atoms with Crippen molar-refractivity contribution in [1.82, 2.24) is 30.1 Å². The number of aromatic amines is 1. The van der Waals surface area contributed by atoms with Gasteiger partial charge in [-0.25, -0.2) is 0 Å². The van der Waals surface area contributed by atoms with Gasteiger partial charge in [0.2, 0.25) is 17.6 Å². The smallest absolute Gasteiger partial charge is 0.255 e. The van der Waals surface area contributed by atoms with Crippen LogP contribution in [0.5, 0.6) is 29.1 Å². The number of aromatic nitrogens is 6. The van der Waals surface area contributed by atoms with Crippen molar-refractivity contribution < 1.29 is 24.1 Å². The topological polar surface area (TPSA) is 154 Å². The van der Waals surface area contributed by atoms with Gasteiger partial charge in [-0.15, -0.1) is 10.2 Å². The summed E-state index contributed by atoms with van der Waals surface area (Å²) in [6.07, 6.45) is 1.59. The minimum atomic E-state index is -0.568. The van der Waals surface area contributed by atoms with E-state index in [0.29, 0.717) is 25.0 Å². The van der Waals surface area contributed by atoms with Crippen molar-refractivity contribution in [1.29, 1.82) is 0 Å². The normalized spacial score (nSPS) is 10.6. The Kier molecular flexibility index (Phi) is 7.37. The summed E-state index contributed by atoms with van der Waals surface area (Å²) in [6.45, 7) is 4.89. The lowest BCUT2D eigenvalue weighted by atomic mass is 10.2. The molecule has 2 N–H and O–H groups in total. The summed E-state index contributed by atoms with van der Waals surface area (Å²) in [5, 5.41) is 18.0. The van der Waals surface area contributed by atoms with E-state index in [1.54, 1.807) is 6.07 Å². The molecule has 0 amide bonds. The maximum Gasteiger partial charge on any atom is 0.255 e. The number of ether oxygens (including phenoxy) is 4. The lowest BCUT2D eigenvalue weighted by Crippen LogP contribution is -2.10. The monoisotopic (exact) mass is 444 g/mol. The first kappa shape index (κ1) is 22.7. The van der Waals surface area contributed by atoms with Crippen LogP contribution in [0.15, 0.2) is 16.9 Å². The standard InChI is InChI=1S/C20H24N6O6/c1-5-7-31-13-10-14(32-8-6-2)24-20(23-13)16-18(30-4)17(29-3)15(25-26-16)19-21-11(27)9-12(28)22-19/h9-10H,5-8H2,1-4H3,(H2,21,22,27,28). The Labute approximate surface area is 183 Å². The summed E-state index contributed by atoms with van der Waals surface area (Å²) in [6, 6.07) is 2.53. The molecule has 3 aromatic heterocycles. The van der Waals surface area contributed by atoms with Crippen LogP contribution in [0.4, 0.5) is 0 Å². The predicted octanol–water partition coefficient (Wildman–Crippen LogP) is 1.98. The van der Waals surface area contributed by atoms with Gasteiger partial charge in [0.05, 0.1) is 39.6 Å². The third kappa shape index (κ3) is 5.02. The number of hydrogen-bond acceptors (Lipinski definition) is 11. The Morgan fingerprint density at radius 3 is 1.97 bits per heavy atom. The SMILES string of the molecule is CCCOc1cc(OCCC)nc(-c2nnc(-c3nc(O)cc(=O)[nH]3)c(OC)c2OC)n1. The molecule has 0 radical (unpaired) electrons. The lowest BCUT2D eigenvalue weighted by Gasteiger charge is -2.14. The van der Waals surface area contributed by atoms with E-state index in [1.165, 1.54) is 14.2 Å². The van der Waals surface area contributed by atoms with E-state index in [2.05, 4.69) is 30.1 Å². The van der Waals surface area contributed by atoms with Crippen LogP contribution in [-0.4, -0.2) is 62.7 Å². The second kappa shape index (κ2) is 10.4. The van der Waals surface area contributed by atoms with Crippen LogP contribution in [0.1, 0.15) is 26.7 Å². The van der Waals surface area contributed by atoms with E-state index in [-0.39, 0.29) is 34.5 Å². The van der Waals surface area contributed by atoms with E-state index in [4.69, 9.17) is 18.9 Å². The molecular formula is C20H24N6O6. The van der Waals surface area contributed by atoms with Gasteiger partial charge in [0.15, 0.2) is 34.5 Å². The van der Waals surface area contributed by atoms with Crippen LogP contribution in [0, 0.1) is 0 Å². The zero-order valence-electron chi connectivity index (χ0n) is 18.2. The summed E-state index contributed by atoms with van der Waals surface area (Å²) >= 11 is 0.